The third-order valence-corrected chi connectivity index (χ3v) is 4.40. The molecule has 2 rings (SSSR count). The van der Waals surface area contributed by atoms with Crippen LogP contribution in [0.4, 0.5) is 0 Å². The lowest BCUT2D eigenvalue weighted by Crippen LogP contribution is -2.17. The van der Waals surface area contributed by atoms with Crippen LogP contribution in [-0.4, -0.2) is 24.7 Å². The van der Waals surface area contributed by atoms with Crippen molar-refractivity contribution >= 4 is 31.9 Å². The SMILES string of the molecule is CCCOc1c(Br)cc(CNCCCOc2ccccn2)cc1Br. The van der Waals surface area contributed by atoms with Crippen LogP contribution in [0.1, 0.15) is 25.3 Å². The van der Waals surface area contributed by atoms with Crippen LogP contribution in [0.2, 0.25) is 0 Å². The van der Waals surface area contributed by atoms with Crippen molar-refractivity contribution in [1.29, 1.82) is 0 Å². The summed E-state index contributed by atoms with van der Waals surface area (Å²) in [5.41, 5.74) is 1.20. The van der Waals surface area contributed by atoms with Crippen LogP contribution in [-0.2, 0) is 6.54 Å². The van der Waals surface area contributed by atoms with Crippen molar-refractivity contribution in [1.82, 2.24) is 10.3 Å². The fraction of sp³-hybridized carbons (Fsp3) is 0.389. The Morgan fingerprint density at radius 3 is 2.54 bits per heavy atom. The zero-order chi connectivity index (χ0) is 17.2. The first-order valence-corrected chi connectivity index (χ1v) is 9.64. The highest BCUT2D eigenvalue weighted by atomic mass is 79.9. The number of benzene rings is 1. The fourth-order valence-electron chi connectivity index (χ4n) is 2.10. The second-order valence-corrected chi connectivity index (χ2v) is 6.99. The van der Waals surface area contributed by atoms with E-state index >= 15 is 0 Å². The molecule has 0 saturated heterocycles. The minimum atomic E-state index is 0.654. The zero-order valence-electron chi connectivity index (χ0n) is 13.7. The average Bonchev–Trinajstić information content (AvgIpc) is 2.58. The van der Waals surface area contributed by atoms with Gasteiger partial charge in [0.25, 0.3) is 0 Å². The van der Waals surface area contributed by atoms with Crippen LogP contribution < -0.4 is 14.8 Å². The van der Waals surface area contributed by atoms with Crippen molar-refractivity contribution in [3.63, 3.8) is 0 Å². The Morgan fingerprint density at radius 2 is 1.88 bits per heavy atom. The second-order valence-electron chi connectivity index (χ2n) is 5.28. The molecule has 0 aliphatic rings. The Hall–Kier alpha value is -1.11. The summed E-state index contributed by atoms with van der Waals surface area (Å²) in [7, 11) is 0. The highest BCUT2D eigenvalue weighted by Crippen LogP contribution is 2.34. The molecule has 6 heteroatoms. The summed E-state index contributed by atoms with van der Waals surface area (Å²) in [6, 6.07) is 9.85. The number of hydrogen-bond acceptors (Lipinski definition) is 4. The van der Waals surface area contributed by atoms with E-state index in [1.807, 2.05) is 18.2 Å². The summed E-state index contributed by atoms with van der Waals surface area (Å²) in [5, 5.41) is 3.42. The van der Waals surface area contributed by atoms with E-state index in [0.29, 0.717) is 19.1 Å². The van der Waals surface area contributed by atoms with Crippen molar-refractivity contribution in [2.24, 2.45) is 0 Å². The molecular formula is C18H22Br2N2O2. The Labute approximate surface area is 160 Å². The van der Waals surface area contributed by atoms with E-state index in [1.165, 1.54) is 5.56 Å². The Kier molecular flexibility index (Phi) is 8.56. The summed E-state index contributed by atoms with van der Waals surface area (Å²) in [4.78, 5) is 4.13. The molecule has 4 nitrogen and oxygen atoms in total. The molecule has 1 aromatic heterocycles. The van der Waals surface area contributed by atoms with Crippen molar-refractivity contribution in [3.8, 4) is 11.6 Å². The summed E-state index contributed by atoms with van der Waals surface area (Å²) in [6.07, 6.45) is 3.65. The Bertz CT molecular complexity index is 601. The van der Waals surface area contributed by atoms with E-state index in [1.54, 1.807) is 6.20 Å². The number of aromatic nitrogens is 1. The topological polar surface area (TPSA) is 43.4 Å². The first-order valence-electron chi connectivity index (χ1n) is 8.06. The predicted molar refractivity (Wildman–Crippen MR) is 104 cm³/mol. The average molecular weight is 458 g/mol. The maximum Gasteiger partial charge on any atom is 0.213 e. The van der Waals surface area contributed by atoms with Gasteiger partial charge in [0.15, 0.2) is 0 Å². The van der Waals surface area contributed by atoms with Gasteiger partial charge in [-0.15, -0.1) is 0 Å². The number of pyridine rings is 1. The van der Waals surface area contributed by atoms with Crippen LogP contribution in [0, 0.1) is 0 Å². The lowest BCUT2D eigenvalue weighted by atomic mass is 10.2. The maximum atomic E-state index is 5.73. The molecule has 0 amide bonds. The molecule has 1 heterocycles. The van der Waals surface area contributed by atoms with E-state index in [0.717, 1.165) is 40.6 Å². The normalized spacial score (nSPS) is 10.6. The molecule has 24 heavy (non-hydrogen) atoms. The molecule has 1 aromatic carbocycles. The molecule has 130 valence electrons. The zero-order valence-corrected chi connectivity index (χ0v) is 16.9. The molecule has 0 fully saturated rings. The molecule has 0 saturated carbocycles. The molecule has 0 aliphatic carbocycles. The van der Waals surface area contributed by atoms with Crippen LogP contribution in [0.15, 0.2) is 45.5 Å². The van der Waals surface area contributed by atoms with Gasteiger partial charge in [-0.25, -0.2) is 4.98 Å². The number of nitrogens with one attached hydrogen (secondary N) is 1. The van der Waals surface area contributed by atoms with Gasteiger partial charge in [0.05, 0.1) is 22.2 Å². The predicted octanol–water partition coefficient (Wildman–Crippen LogP) is 4.95. The van der Waals surface area contributed by atoms with Gasteiger partial charge in [0.2, 0.25) is 5.88 Å². The fourth-order valence-corrected chi connectivity index (χ4v) is 3.61. The molecule has 1 N–H and O–H groups in total. The number of rotatable bonds is 10. The van der Waals surface area contributed by atoms with Crippen molar-refractivity contribution in [2.45, 2.75) is 26.3 Å². The monoisotopic (exact) mass is 456 g/mol. The van der Waals surface area contributed by atoms with Gasteiger partial charge in [-0.05, 0) is 75.0 Å². The number of nitrogens with zero attached hydrogens (tertiary/aromatic N) is 1. The molecular weight excluding hydrogens is 436 g/mol. The van der Waals surface area contributed by atoms with Crippen LogP contribution in [0.3, 0.4) is 0 Å². The third-order valence-electron chi connectivity index (χ3n) is 3.22. The van der Waals surface area contributed by atoms with Gasteiger partial charge in [-0.1, -0.05) is 13.0 Å². The highest BCUT2D eigenvalue weighted by Gasteiger charge is 2.08. The van der Waals surface area contributed by atoms with Crippen molar-refractivity contribution in [2.75, 3.05) is 19.8 Å². The molecule has 0 bridgehead atoms. The first-order chi connectivity index (χ1) is 11.7. The Balaban J connectivity index is 1.70. The van der Waals surface area contributed by atoms with Gasteiger partial charge in [0, 0.05) is 18.8 Å². The third kappa shape index (κ3) is 6.42. The summed E-state index contributed by atoms with van der Waals surface area (Å²) < 4.78 is 13.2. The number of ether oxygens (including phenoxy) is 2. The standard InChI is InChI=1S/C18H22Br2N2O2/c1-2-9-24-18-15(19)11-14(12-16(18)20)13-21-7-5-10-23-17-6-3-4-8-22-17/h3-4,6,8,11-12,21H,2,5,7,9-10,13H2,1H3. The summed E-state index contributed by atoms with van der Waals surface area (Å²) >= 11 is 7.16. The van der Waals surface area contributed by atoms with Crippen LogP contribution in [0.5, 0.6) is 11.6 Å². The lowest BCUT2D eigenvalue weighted by molar-refractivity contribution is 0.296. The van der Waals surface area contributed by atoms with E-state index in [9.17, 15) is 0 Å². The van der Waals surface area contributed by atoms with Crippen molar-refractivity contribution in [3.05, 3.63) is 51.0 Å². The molecule has 0 aliphatic heterocycles. The smallest absolute Gasteiger partial charge is 0.213 e. The number of halogens is 2. The molecule has 0 atom stereocenters. The lowest BCUT2D eigenvalue weighted by Gasteiger charge is -2.12. The molecule has 0 radical (unpaired) electrons. The van der Waals surface area contributed by atoms with E-state index in [-0.39, 0.29) is 0 Å². The molecule has 0 unspecified atom stereocenters. The van der Waals surface area contributed by atoms with Crippen LogP contribution in [0.25, 0.3) is 0 Å². The minimum Gasteiger partial charge on any atom is -0.491 e. The number of hydrogen-bond donors (Lipinski definition) is 1. The first kappa shape index (κ1) is 19.2. The van der Waals surface area contributed by atoms with Gasteiger partial charge < -0.3 is 14.8 Å². The van der Waals surface area contributed by atoms with E-state index in [4.69, 9.17) is 9.47 Å². The molecule has 0 spiro atoms. The van der Waals surface area contributed by atoms with E-state index < -0.39 is 0 Å². The van der Waals surface area contributed by atoms with Crippen molar-refractivity contribution < 1.29 is 9.47 Å². The molecule has 2 aromatic rings. The summed E-state index contributed by atoms with van der Waals surface area (Å²) in [6.45, 7) is 5.15. The highest BCUT2D eigenvalue weighted by molar-refractivity contribution is 9.11. The van der Waals surface area contributed by atoms with Gasteiger partial charge in [0.1, 0.15) is 5.75 Å². The largest absolute Gasteiger partial charge is 0.491 e. The summed E-state index contributed by atoms with van der Waals surface area (Å²) in [5.74, 6) is 1.54. The maximum absolute atomic E-state index is 5.73. The minimum absolute atomic E-state index is 0.654. The van der Waals surface area contributed by atoms with E-state index in [2.05, 4.69) is 61.2 Å². The van der Waals surface area contributed by atoms with Crippen LogP contribution >= 0.6 is 31.9 Å². The van der Waals surface area contributed by atoms with Gasteiger partial charge in [-0.2, -0.15) is 0 Å². The Morgan fingerprint density at radius 1 is 1.08 bits per heavy atom. The quantitative estimate of drug-likeness (QED) is 0.512. The van der Waals surface area contributed by atoms with Gasteiger partial charge in [-0.3, -0.25) is 0 Å². The van der Waals surface area contributed by atoms with Gasteiger partial charge >= 0.3 is 0 Å². The second kappa shape index (κ2) is 10.7.